The van der Waals surface area contributed by atoms with E-state index in [1.165, 1.54) is 11.0 Å². The van der Waals surface area contributed by atoms with Crippen LogP contribution in [0.15, 0.2) is 48.5 Å². The van der Waals surface area contributed by atoms with E-state index in [1.54, 1.807) is 12.1 Å². The van der Waals surface area contributed by atoms with Crippen molar-refractivity contribution >= 4 is 17.7 Å². The quantitative estimate of drug-likeness (QED) is 0.810. The maximum absolute atomic E-state index is 12.5. The number of rotatable bonds is 6. The lowest BCUT2D eigenvalue weighted by atomic mass is 10.0. The van der Waals surface area contributed by atoms with E-state index in [4.69, 9.17) is 0 Å². The lowest BCUT2D eigenvalue weighted by Crippen LogP contribution is -2.30. The summed E-state index contributed by atoms with van der Waals surface area (Å²) in [5.41, 5.74) is 2.06. The highest BCUT2D eigenvalue weighted by Gasteiger charge is 2.35. The fourth-order valence-electron chi connectivity index (χ4n) is 3.06. The van der Waals surface area contributed by atoms with E-state index in [-0.39, 0.29) is 23.8 Å². The molecule has 5 heteroatoms. The zero-order valence-corrected chi connectivity index (χ0v) is 15.0. The fraction of sp³-hybridized carbons (Fsp3) is 0.286. The first-order chi connectivity index (χ1) is 12.5. The van der Waals surface area contributed by atoms with Gasteiger partial charge in [0.1, 0.15) is 0 Å². The number of fused-ring (bicyclic) bond motifs is 1. The van der Waals surface area contributed by atoms with E-state index in [9.17, 15) is 14.4 Å². The molecule has 3 rings (SSSR count). The maximum atomic E-state index is 12.5. The topological polar surface area (TPSA) is 66.5 Å². The molecule has 1 aliphatic heterocycles. The third-order valence-electron chi connectivity index (χ3n) is 4.62. The van der Waals surface area contributed by atoms with Crippen LogP contribution in [-0.2, 0) is 0 Å². The van der Waals surface area contributed by atoms with Gasteiger partial charge in [0, 0.05) is 12.1 Å². The number of amides is 3. The van der Waals surface area contributed by atoms with Crippen molar-refractivity contribution < 1.29 is 14.4 Å². The number of imide groups is 1. The van der Waals surface area contributed by atoms with Gasteiger partial charge in [-0.25, -0.2) is 0 Å². The molecule has 0 bridgehead atoms. The van der Waals surface area contributed by atoms with Crippen LogP contribution in [0.25, 0.3) is 0 Å². The minimum absolute atomic E-state index is 0.157. The lowest BCUT2D eigenvalue weighted by molar-refractivity contribution is 0.0652. The van der Waals surface area contributed by atoms with Crippen LogP contribution >= 0.6 is 0 Å². The standard InChI is InChI=1S/C21H22N2O3/c1-3-4-12-23-20(25)17-11-10-16(13-18(17)21(23)26)19(24)22-14(2)15-8-6-5-7-9-15/h5-11,13-14H,3-4,12H2,1-2H3,(H,22,24)/t14-/m0/s1. The Kier molecular flexibility index (Phi) is 5.16. The Morgan fingerprint density at radius 1 is 1.04 bits per heavy atom. The van der Waals surface area contributed by atoms with Gasteiger partial charge in [-0.15, -0.1) is 0 Å². The summed E-state index contributed by atoms with van der Waals surface area (Å²) in [5, 5.41) is 2.93. The summed E-state index contributed by atoms with van der Waals surface area (Å²) >= 11 is 0. The van der Waals surface area contributed by atoms with Crippen LogP contribution in [0.5, 0.6) is 0 Å². The van der Waals surface area contributed by atoms with Gasteiger partial charge in [0.2, 0.25) is 0 Å². The molecule has 0 spiro atoms. The van der Waals surface area contributed by atoms with Gasteiger partial charge in [0.15, 0.2) is 0 Å². The molecule has 1 heterocycles. The van der Waals surface area contributed by atoms with Gasteiger partial charge < -0.3 is 5.32 Å². The predicted molar refractivity (Wildman–Crippen MR) is 99.0 cm³/mol. The zero-order valence-electron chi connectivity index (χ0n) is 15.0. The zero-order chi connectivity index (χ0) is 18.7. The Morgan fingerprint density at radius 3 is 2.42 bits per heavy atom. The summed E-state index contributed by atoms with van der Waals surface area (Å²) < 4.78 is 0. The van der Waals surface area contributed by atoms with Crippen molar-refractivity contribution in [1.29, 1.82) is 0 Å². The van der Waals surface area contributed by atoms with Gasteiger partial charge in [-0.2, -0.15) is 0 Å². The molecule has 1 N–H and O–H groups in total. The first-order valence-corrected chi connectivity index (χ1v) is 8.89. The maximum Gasteiger partial charge on any atom is 0.261 e. The van der Waals surface area contributed by atoms with Gasteiger partial charge >= 0.3 is 0 Å². The predicted octanol–water partition coefficient (Wildman–Crippen LogP) is 3.57. The van der Waals surface area contributed by atoms with Crippen LogP contribution in [0.2, 0.25) is 0 Å². The second-order valence-electron chi connectivity index (χ2n) is 6.48. The van der Waals surface area contributed by atoms with Crippen LogP contribution in [0.4, 0.5) is 0 Å². The highest BCUT2D eigenvalue weighted by atomic mass is 16.2. The van der Waals surface area contributed by atoms with Crippen molar-refractivity contribution in [2.24, 2.45) is 0 Å². The number of nitrogens with zero attached hydrogens (tertiary/aromatic N) is 1. The molecule has 0 aromatic heterocycles. The second-order valence-corrected chi connectivity index (χ2v) is 6.48. The lowest BCUT2D eigenvalue weighted by Gasteiger charge is -2.14. The molecule has 0 unspecified atom stereocenters. The normalized spacial score (nSPS) is 14.3. The first kappa shape index (κ1) is 17.9. The number of hydrogen-bond acceptors (Lipinski definition) is 3. The molecule has 26 heavy (non-hydrogen) atoms. The average Bonchev–Trinajstić information content (AvgIpc) is 2.90. The summed E-state index contributed by atoms with van der Waals surface area (Å²) in [6, 6.07) is 14.2. The van der Waals surface area contributed by atoms with E-state index in [2.05, 4.69) is 5.32 Å². The first-order valence-electron chi connectivity index (χ1n) is 8.89. The van der Waals surface area contributed by atoms with E-state index >= 15 is 0 Å². The minimum Gasteiger partial charge on any atom is -0.346 e. The molecule has 2 aromatic rings. The van der Waals surface area contributed by atoms with Crippen LogP contribution in [0, 0.1) is 0 Å². The van der Waals surface area contributed by atoms with Crippen LogP contribution in [0.1, 0.15) is 69.4 Å². The average molecular weight is 350 g/mol. The van der Waals surface area contributed by atoms with Gasteiger partial charge in [-0.1, -0.05) is 43.7 Å². The molecule has 0 radical (unpaired) electrons. The highest BCUT2D eigenvalue weighted by Crippen LogP contribution is 2.24. The van der Waals surface area contributed by atoms with Crippen molar-refractivity contribution in [2.45, 2.75) is 32.7 Å². The number of benzene rings is 2. The van der Waals surface area contributed by atoms with Crippen molar-refractivity contribution in [1.82, 2.24) is 10.2 Å². The summed E-state index contributed by atoms with van der Waals surface area (Å²) in [5.74, 6) is -0.858. The molecule has 134 valence electrons. The fourth-order valence-corrected chi connectivity index (χ4v) is 3.06. The number of carbonyl (C=O) groups excluding carboxylic acids is 3. The van der Waals surface area contributed by atoms with Gasteiger partial charge in [-0.05, 0) is 37.1 Å². The molecule has 0 fully saturated rings. The van der Waals surface area contributed by atoms with Crippen molar-refractivity contribution in [3.63, 3.8) is 0 Å². The number of hydrogen-bond donors (Lipinski definition) is 1. The van der Waals surface area contributed by atoms with Crippen molar-refractivity contribution in [3.05, 3.63) is 70.8 Å². The molecule has 0 saturated heterocycles. The number of nitrogens with one attached hydrogen (secondary N) is 1. The van der Waals surface area contributed by atoms with E-state index in [1.807, 2.05) is 44.2 Å². The minimum atomic E-state index is -0.316. The SMILES string of the molecule is CCCCN1C(=O)c2ccc(C(=O)N[C@@H](C)c3ccccc3)cc2C1=O. The second kappa shape index (κ2) is 7.52. The van der Waals surface area contributed by atoms with E-state index in [0.717, 1.165) is 18.4 Å². The van der Waals surface area contributed by atoms with Crippen molar-refractivity contribution in [2.75, 3.05) is 6.54 Å². The highest BCUT2D eigenvalue weighted by molar-refractivity contribution is 6.22. The Labute approximate surface area is 153 Å². The van der Waals surface area contributed by atoms with Crippen LogP contribution in [-0.4, -0.2) is 29.2 Å². The van der Waals surface area contributed by atoms with E-state index in [0.29, 0.717) is 23.2 Å². The number of unbranched alkanes of at least 4 members (excludes halogenated alkanes) is 1. The molecule has 2 aromatic carbocycles. The van der Waals surface area contributed by atoms with Gasteiger partial charge in [0.05, 0.1) is 17.2 Å². The Morgan fingerprint density at radius 2 is 1.73 bits per heavy atom. The smallest absolute Gasteiger partial charge is 0.261 e. The van der Waals surface area contributed by atoms with Crippen LogP contribution < -0.4 is 5.32 Å². The van der Waals surface area contributed by atoms with Gasteiger partial charge in [0.25, 0.3) is 17.7 Å². The van der Waals surface area contributed by atoms with E-state index < -0.39 is 0 Å². The molecule has 1 atom stereocenters. The van der Waals surface area contributed by atoms with Crippen molar-refractivity contribution in [3.8, 4) is 0 Å². The molecule has 1 aliphatic rings. The summed E-state index contributed by atoms with van der Waals surface area (Å²) in [6.07, 6.45) is 1.67. The third-order valence-corrected chi connectivity index (χ3v) is 4.62. The Balaban J connectivity index is 1.78. The number of carbonyl (C=O) groups is 3. The molecular formula is C21H22N2O3. The van der Waals surface area contributed by atoms with Gasteiger partial charge in [-0.3, -0.25) is 19.3 Å². The summed E-state index contributed by atoms with van der Waals surface area (Å²) in [4.78, 5) is 38.7. The summed E-state index contributed by atoms with van der Waals surface area (Å²) in [6.45, 7) is 4.33. The molecule has 0 aliphatic carbocycles. The summed E-state index contributed by atoms with van der Waals surface area (Å²) in [7, 11) is 0. The Bertz CT molecular complexity index is 846. The monoisotopic (exact) mass is 350 g/mol. The molecule has 5 nitrogen and oxygen atoms in total. The third kappa shape index (κ3) is 3.38. The van der Waals surface area contributed by atoms with Crippen LogP contribution in [0.3, 0.4) is 0 Å². The Hall–Kier alpha value is -2.95. The molecule has 3 amide bonds. The molecule has 0 saturated carbocycles. The molecular weight excluding hydrogens is 328 g/mol. The largest absolute Gasteiger partial charge is 0.346 e.